The molecule has 1 saturated heterocycles. The molecule has 0 radical (unpaired) electrons. The second-order valence-electron chi connectivity index (χ2n) is 9.69. The minimum Gasteiger partial charge on any atom is -0.497 e. The summed E-state index contributed by atoms with van der Waals surface area (Å²) < 4.78 is 13.7. The fourth-order valence-electron chi connectivity index (χ4n) is 5.78. The number of rotatable bonds is 6. The Morgan fingerprint density at radius 2 is 1.64 bits per heavy atom. The van der Waals surface area contributed by atoms with Crippen molar-refractivity contribution in [1.82, 2.24) is 14.9 Å². The van der Waals surface area contributed by atoms with Crippen molar-refractivity contribution in [3.8, 4) is 17.2 Å². The zero-order valence-corrected chi connectivity index (χ0v) is 23.2. The molecule has 39 heavy (non-hydrogen) atoms. The molecule has 1 aliphatic heterocycles. The molecular formula is C32H30N4O2S. The maximum absolute atomic E-state index is 5.99. The Morgan fingerprint density at radius 3 is 2.41 bits per heavy atom. The lowest BCUT2D eigenvalue weighted by Crippen LogP contribution is -2.30. The van der Waals surface area contributed by atoms with Gasteiger partial charge in [0.05, 0.1) is 43.4 Å². The Kier molecular flexibility index (Phi) is 6.45. The van der Waals surface area contributed by atoms with Gasteiger partial charge in [0.2, 0.25) is 0 Å². The van der Waals surface area contributed by atoms with Crippen LogP contribution in [-0.2, 0) is 0 Å². The van der Waals surface area contributed by atoms with Gasteiger partial charge in [0.1, 0.15) is 11.5 Å². The molecule has 3 aromatic carbocycles. The first kappa shape index (κ1) is 24.9. The maximum atomic E-state index is 5.99. The number of pyridine rings is 1. The number of fused-ring (bicyclic) bond motifs is 1. The summed E-state index contributed by atoms with van der Waals surface area (Å²) in [6, 6.07) is 28.7. The first-order valence-electron chi connectivity index (χ1n) is 12.9. The lowest BCUT2D eigenvalue weighted by atomic mass is 9.96. The summed E-state index contributed by atoms with van der Waals surface area (Å²) in [5.41, 5.74) is 6.37. The Bertz CT molecular complexity index is 1680. The van der Waals surface area contributed by atoms with Gasteiger partial charge in [-0.05, 0) is 73.4 Å². The van der Waals surface area contributed by atoms with Gasteiger partial charge >= 0.3 is 0 Å². The van der Waals surface area contributed by atoms with Crippen molar-refractivity contribution in [3.05, 3.63) is 114 Å². The van der Waals surface area contributed by atoms with Crippen LogP contribution in [0.15, 0.2) is 91.1 Å². The van der Waals surface area contributed by atoms with Gasteiger partial charge in [0.15, 0.2) is 5.11 Å². The van der Waals surface area contributed by atoms with Gasteiger partial charge in [0, 0.05) is 29.0 Å². The van der Waals surface area contributed by atoms with Crippen LogP contribution in [0.1, 0.15) is 34.7 Å². The van der Waals surface area contributed by atoms with E-state index in [1.54, 1.807) is 14.2 Å². The van der Waals surface area contributed by atoms with E-state index in [0.29, 0.717) is 5.11 Å². The van der Waals surface area contributed by atoms with E-state index in [1.807, 2.05) is 42.6 Å². The molecule has 2 atom stereocenters. The van der Waals surface area contributed by atoms with Crippen LogP contribution in [0.5, 0.6) is 11.5 Å². The Hall–Kier alpha value is -4.36. The molecule has 0 amide bonds. The zero-order chi connectivity index (χ0) is 27.1. The molecule has 196 valence electrons. The Labute approximate surface area is 233 Å². The molecule has 7 heteroatoms. The average Bonchev–Trinajstić information content (AvgIpc) is 3.47. The van der Waals surface area contributed by atoms with Crippen LogP contribution in [-0.4, -0.2) is 28.9 Å². The summed E-state index contributed by atoms with van der Waals surface area (Å²) in [6.45, 7) is 4.34. The first-order chi connectivity index (χ1) is 19.0. The maximum Gasteiger partial charge on any atom is 0.174 e. The molecule has 1 fully saturated rings. The molecule has 1 N–H and O–H groups in total. The van der Waals surface area contributed by atoms with Crippen LogP contribution < -0.4 is 19.7 Å². The summed E-state index contributed by atoms with van der Waals surface area (Å²) >= 11 is 5.99. The molecule has 3 heterocycles. The molecule has 6 rings (SSSR count). The minimum atomic E-state index is -0.177. The van der Waals surface area contributed by atoms with E-state index >= 15 is 0 Å². The molecule has 0 bridgehead atoms. The van der Waals surface area contributed by atoms with E-state index < -0.39 is 0 Å². The largest absolute Gasteiger partial charge is 0.497 e. The predicted octanol–water partition coefficient (Wildman–Crippen LogP) is 6.84. The quantitative estimate of drug-likeness (QED) is 0.241. The number of ether oxygens (including phenoxy) is 2. The molecule has 0 spiro atoms. The number of hydrogen-bond donors (Lipinski definition) is 1. The minimum absolute atomic E-state index is 0.170. The molecule has 5 aromatic rings. The topological polar surface area (TPSA) is 51.6 Å². The fourth-order valence-corrected chi connectivity index (χ4v) is 6.12. The van der Waals surface area contributed by atoms with Crippen molar-refractivity contribution in [2.24, 2.45) is 0 Å². The van der Waals surface area contributed by atoms with E-state index in [9.17, 15) is 0 Å². The van der Waals surface area contributed by atoms with Crippen molar-refractivity contribution < 1.29 is 9.47 Å². The smallest absolute Gasteiger partial charge is 0.174 e. The zero-order valence-electron chi connectivity index (χ0n) is 22.4. The van der Waals surface area contributed by atoms with Crippen LogP contribution >= 0.6 is 12.2 Å². The average molecular weight is 535 g/mol. The van der Waals surface area contributed by atoms with Gasteiger partial charge in [-0.1, -0.05) is 42.5 Å². The van der Waals surface area contributed by atoms with Crippen LogP contribution in [0.2, 0.25) is 0 Å². The normalized spacial score (nSPS) is 16.9. The highest BCUT2D eigenvalue weighted by atomic mass is 32.1. The van der Waals surface area contributed by atoms with E-state index in [2.05, 4.69) is 77.2 Å². The Morgan fingerprint density at radius 1 is 0.846 bits per heavy atom. The number of nitrogens with zero attached hydrogens (tertiary/aromatic N) is 3. The second-order valence-corrected chi connectivity index (χ2v) is 10.1. The third-order valence-electron chi connectivity index (χ3n) is 7.54. The number of aryl methyl sites for hydroxylation is 1. The fraction of sp³-hybridized carbons (Fsp3) is 0.188. The molecule has 6 nitrogen and oxygen atoms in total. The monoisotopic (exact) mass is 534 g/mol. The number of hydrogen-bond acceptors (Lipinski definition) is 4. The number of anilines is 1. The molecule has 1 aliphatic rings. The highest BCUT2D eigenvalue weighted by Gasteiger charge is 2.43. The lowest BCUT2D eigenvalue weighted by molar-refractivity contribution is 0.403. The summed E-state index contributed by atoms with van der Waals surface area (Å²) in [5.74, 6) is 1.45. The molecule has 2 aromatic heterocycles. The predicted molar refractivity (Wildman–Crippen MR) is 160 cm³/mol. The summed E-state index contributed by atoms with van der Waals surface area (Å²) in [6.07, 6.45) is 1.82. The van der Waals surface area contributed by atoms with Crippen LogP contribution in [0.25, 0.3) is 16.5 Å². The number of methoxy groups -OCH3 is 2. The molecule has 0 aliphatic carbocycles. The van der Waals surface area contributed by atoms with Crippen LogP contribution in [0, 0.1) is 13.8 Å². The summed E-state index contributed by atoms with van der Waals surface area (Å²) in [4.78, 5) is 6.87. The number of benzene rings is 3. The van der Waals surface area contributed by atoms with Gasteiger partial charge in [-0.2, -0.15) is 0 Å². The van der Waals surface area contributed by atoms with Crippen molar-refractivity contribution >= 4 is 33.8 Å². The Balaban J connectivity index is 1.57. The van der Waals surface area contributed by atoms with Gasteiger partial charge < -0.3 is 24.3 Å². The highest BCUT2D eigenvalue weighted by molar-refractivity contribution is 7.80. The highest BCUT2D eigenvalue weighted by Crippen LogP contribution is 2.47. The van der Waals surface area contributed by atoms with E-state index in [4.69, 9.17) is 26.7 Å². The van der Waals surface area contributed by atoms with Crippen LogP contribution in [0.3, 0.4) is 0 Å². The van der Waals surface area contributed by atoms with Crippen molar-refractivity contribution in [2.75, 3.05) is 19.1 Å². The molecular weight excluding hydrogens is 504 g/mol. The van der Waals surface area contributed by atoms with Gasteiger partial charge in [-0.25, -0.2) is 0 Å². The number of thiocarbonyl (C=S) groups is 1. The van der Waals surface area contributed by atoms with Gasteiger partial charge in [0.25, 0.3) is 0 Å². The molecule has 0 saturated carbocycles. The van der Waals surface area contributed by atoms with Gasteiger partial charge in [-0.3, -0.25) is 4.98 Å². The van der Waals surface area contributed by atoms with Crippen molar-refractivity contribution in [3.63, 3.8) is 0 Å². The number of aromatic nitrogens is 2. The van der Waals surface area contributed by atoms with Gasteiger partial charge in [-0.15, -0.1) is 0 Å². The molecule has 0 unspecified atom stereocenters. The first-order valence-corrected chi connectivity index (χ1v) is 13.3. The second kappa shape index (κ2) is 10.1. The summed E-state index contributed by atoms with van der Waals surface area (Å²) in [5, 5.41) is 6.60. The van der Waals surface area contributed by atoms with Crippen LogP contribution in [0.4, 0.5) is 5.69 Å². The van der Waals surface area contributed by atoms with Crippen molar-refractivity contribution in [2.45, 2.75) is 25.9 Å². The third-order valence-corrected chi connectivity index (χ3v) is 7.85. The van der Waals surface area contributed by atoms with E-state index in [-0.39, 0.29) is 12.1 Å². The number of nitrogens with one attached hydrogen (secondary N) is 1. The standard InChI is InChI=1S/C32H30N4O2S/c1-20-18-25(21(2)35(20)27-14-9-11-22-10-5-6-12-24(22)27)31-30(26-13-7-8-17-33-26)34-32(39)36(31)28-19-23(37-3)15-16-29(28)38-4/h5-19,30-31H,1-4H3,(H,34,39)/t30-,31-/m0/s1. The van der Waals surface area contributed by atoms with E-state index in [0.717, 1.165) is 45.5 Å². The van der Waals surface area contributed by atoms with Crippen molar-refractivity contribution in [1.29, 1.82) is 0 Å². The summed E-state index contributed by atoms with van der Waals surface area (Å²) in [7, 11) is 3.34. The lowest BCUT2D eigenvalue weighted by Gasteiger charge is -2.29. The third kappa shape index (κ3) is 4.19. The van der Waals surface area contributed by atoms with E-state index in [1.165, 1.54) is 10.8 Å². The SMILES string of the molecule is COc1ccc(OC)c(N2C(=S)N[C@@H](c3ccccn3)[C@@H]2c2cc(C)n(-c3cccc4ccccc34)c2C)c1.